The number of allylic oxidation sites excluding steroid dienone is 1. The number of rotatable bonds is 2. The van der Waals surface area contributed by atoms with Crippen molar-refractivity contribution in [2.24, 2.45) is 0 Å². The molecule has 0 aliphatic heterocycles. The van der Waals surface area contributed by atoms with Gasteiger partial charge < -0.3 is 4.74 Å². The van der Waals surface area contributed by atoms with Gasteiger partial charge in [-0.25, -0.2) is 0 Å². The molecule has 0 aliphatic carbocycles. The van der Waals surface area contributed by atoms with E-state index in [1.54, 1.807) is 6.26 Å². The molecule has 14 heavy (non-hydrogen) atoms. The van der Waals surface area contributed by atoms with E-state index in [0.29, 0.717) is 0 Å². The van der Waals surface area contributed by atoms with E-state index in [1.165, 1.54) is 10.8 Å². The van der Waals surface area contributed by atoms with E-state index in [-0.39, 0.29) is 0 Å². The summed E-state index contributed by atoms with van der Waals surface area (Å²) in [5, 5.41) is 2.44. The molecule has 0 heterocycles. The fourth-order valence-electron chi connectivity index (χ4n) is 1.39. The Labute approximate surface area is 83.6 Å². The highest BCUT2D eigenvalue weighted by Gasteiger charge is 1.94. The molecule has 1 nitrogen and oxygen atoms in total. The third kappa shape index (κ3) is 1.77. The molecule has 0 aromatic heterocycles. The smallest absolute Gasteiger partial charge is 0.127 e. The Balaban J connectivity index is 2.41. The van der Waals surface area contributed by atoms with Gasteiger partial charge in [-0.15, -0.1) is 0 Å². The van der Waals surface area contributed by atoms with Crippen molar-refractivity contribution < 1.29 is 4.74 Å². The van der Waals surface area contributed by atoms with Gasteiger partial charge in [0.25, 0.3) is 0 Å². The summed E-state index contributed by atoms with van der Waals surface area (Å²) in [6.07, 6.45) is 3.55. The fourth-order valence-corrected chi connectivity index (χ4v) is 1.39. The van der Waals surface area contributed by atoms with Crippen LogP contribution in [0, 0.1) is 0 Å². The lowest BCUT2D eigenvalue weighted by Gasteiger charge is -2.01. The molecule has 0 aliphatic rings. The van der Waals surface area contributed by atoms with Gasteiger partial charge in [-0.1, -0.05) is 36.4 Å². The maximum Gasteiger partial charge on any atom is 0.127 e. The molecular weight excluding hydrogens is 172 g/mol. The van der Waals surface area contributed by atoms with E-state index in [4.69, 9.17) is 4.74 Å². The van der Waals surface area contributed by atoms with Gasteiger partial charge in [0.05, 0.1) is 6.26 Å². The zero-order valence-corrected chi connectivity index (χ0v) is 8.10. The standard InChI is InChI=1S/C13H12O/c1-2-9-14-13-8-7-11-5-3-4-6-12(11)10-13/h2-10H,1H3/b9-2+. The molecule has 1 heteroatoms. The first-order valence-electron chi connectivity index (χ1n) is 4.67. The summed E-state index contributed by atoms with van der Waals surface area (Å²) < 4.78 is 5.38. The molecule has 2 aromatic rings. The second-order valence-electron chi connectivity index (χ2n) is 3.10. The summed E-state index contributed by atoms with van der Waals surface area (Å²) in [4.78, 5) is 0. The van der Waals surface area contributed by atoms with Crippen LogP contribution in [0.5, 0.6) is 5.75 Å². The van der Waals surface area contributed by atoms with Crippen LogP contribution < -0.4 is 4.74 Å². The predicted octanol–water partition coefficient (Wildman–Crippen LogP) is 3.75. The minimum atomic E-state index is 0.877. The van der Waals surface area contributed by atoms with Crippen molar-refractivity contribution >= 4 is 10.8 Å². The van der Waals surface area contributed by atoms with E-state index in [2.05, 4.69) is 18.2 Å². The van der Waals surface area contributed by atoms with Crippen LogP contribution >= 0.6 is 0 Å². The molecule has 70 valence electrons. The lowest BCUT2D eigenvalue weighted by molar-refractivity contribution is 0.481. The van der Waals surface area contributed by atoms with Gasteiger partial charge in [0.1, 0.15) is 5.75 Å². The maximum absolute atomic E-state index is 5.38. The van der Waals surface area contributed by atoms with Gasteiger partial charge in [-0.3, -0.25) is 0 Å². The molecule has 2 aromatic carbocycles. The van der Waals surface area contributed by atoms with Gasteiger partial charge in [0.2, 0.25) is 0 Å². The van der Waals surface area contributed by atoms with Gasteiger partial charge in [0, 0.05) is 0 Å². The molecule has 2 rings (SSSR count). The number of hydrogen-bond donors (Lipinski definition) is 0. The first-order chi connectivity index (χ1) is 6.90. The van der Waals surface area contributed by atoms with Gasteiger partial charge in [0.15, 0.2) is 0 Å². The van der Waals surface area contributed by atoms with E-state index in [1.807, 2.05) is 37.3 Å². The average Bonchev–Trinajstić information content (AvgIpc) is 2.26. The van der Waals surface area contributed by atoms with Crippen LogP contribution in [0.3, 0.4) is 0 Å². The summed E-state index contributed by atoms with van der Waals surface area (Å²) in [5.41, 5.74) is 0. The highest BCUT2D eigenvalue weighted by molar-refractivity contribution is 5.83. The van der Waals surface area contributed by atoms with Crippen molar-refractivity contribution in [3.63, 3.8) is 0 Å². The van der Waals surface area contributed by atoms with Crippen molar-refractivity contribution in [1.29, 1.82) is 0 Å². The van der Waals surface area contributed by atoms with Gasteiger partial charge in [-0.2, -0.15) is 0 Å². The lowest BCUT2D eigenvalue weighted by atomic mass is 10.1. The van der Waals surface area contributed by atoms with Crippen LogP contribution in [0.2, 0.25) is 0 Å². The molecule has 0 atom stereocenters. The van der Waals surface area contributed by atoms with Gasteiger partial charge >= 0.3 is 0 Å². The van der Waals surface area contributed by atoms with Crippen molar-refractivity contribution in [2.75, 3.05) is 0 Å². The van der Waals surface area contributed by atoms with Crippen LogP contribution in [-0.4, -0.2) is 0 Å². The summed E-state index contributed by atoms with van der Waals surface area (Å²) >= 11 is 0. The predicted molar refractivity (Wildman–Crippen MR) is 59.4 cm³/mol. The summed E-state index contributed by atoms with van der Waals surface area (Å²) in [5.74, 6) is 0.877. The van der Waals surface area contributed by atoms with Crippen molar-refractivity contribution in [3.8, 4) is 5.75 Å². The third-order valence-corrected chi connectivity index (χ3v) is 2.06. The highest BCUT2D eigenvalue weighted by Crippen LogP contribution is 2.20. The SMILES string of the molecule is C/C=C/Oc1ccc2ccccc2c1. The first-order valence-corrected chi connectivity index (χ1v) is 4.67. The Kier molecular flexibility index (Phi) is 2.50. The topological polar surface area (TPSA) is 9.23 Å². The summed E-state index contributed by atoms with van der Waals surface area (Å²) in [6, 6.07) is 14.3. The number of fused-ring (bicyclic) bond motifs is 1. The minimum Gasteiger partial charge on any atom is -0.465 e. The van der Waals surface area contributed by atoms with E-state index in [0.717, 1.165) is 5.75 Å². The number of benzene rings is 2. The Hall–Kier alpha value is -1.76. The lowest BCUT2D eigenvalue weighted by Crippen LogP contribution is -1.81. The molecule has 0 saturated carbocycles. The molecule has 0 amide bonds. The Morgan fingerprint density at radius 1 is 1.00 bits per heavy atom. The van der Waals surface area contributed by atoms with E-state index >= 15 is 0 Å². The normalized spacial score (nSPS) is 10.9. The van der Waals surface area contributed by atoms with Crippen molar-refractivity contribution in [1.82, 2.24) is 0 Å². The molecule has 0 spiro atoms. The molecule has 0 fully saturated rings. The Bertz CT molecular complexity index is 457. The molecule has 0 N–H and O–H groups in total. The summed E-state index contributed by atoms with van der Waals surface area (Å²) in [6.45, 7) is 1.93. The largest absolute Gasteiger partial charge is 0.465 e. The second-order valence-corrected chi connectivity index (χ2v) is 3.10. The van der Waals surface area contributed by atoms with Crippen LogP contribution in [0.25, 0.3) is 10.8 Å². The fraction of sp³-hybridized carbons (Fsp3) is 0.0769. The Morgan fingerprint density at radius 3 is 2.57 bits per heavy atom. The molecule has 0 unspecified atom stereocenters. The van der Waals surface area contributed by atoms with Crippen molar-refractivity contribution in [2.45, 2.75) is 6.92 Å². The minimum absolute atomic E-state index is 0.877. The number of ether oxygens (including phenoxy) is 1. The first kappa shape index (κ1) is 8.82. The zero-order valence-electron chi connectivity index (χ0n) is 8.10. The van der Waals surface area contributed by atoms with Crippen LogP contribution in [0.15, 0.2) is 54.8 Å². The van der Waals surface area contributed by atoms with Crippen LogP contribution in [-0.2, 0) is 0 Å². The Morgan fingerprint density at radius 2 is 1.79 bits per heavy atom. The third-order valence-electron chi connectivity index (χ3n) is 2.06. The molecule has 0 saturated heterocycles. The molecule has 0 radical (unpaired) electrons. The summed E-state index contributed by atoms with van der Waals surface area (Å²) in [7, 11) is 0. The van der Waals surface area contributed by atoms with Crippen LogP contribution in [0.1, 0.15) is 6.92 Å². The average molecular weight is 184 g/mol. The van der Waals surface area contributed by atoms with E-state index < -0.39 is 0 Å². The second kappa shape index (κ2) is 3.97. The quantitative estimate of drug-likeness (QED) is 0.646. The maximum atomic E-state index is 5.38. The van der Waals surface area contributed by atoms with E-state index in [9.17, 15) is 0 Å². The zero-order chi connectivity index (χ0) is 9.80. The van der Waals surface area contributed by atoms with Crippen molar-refractivity contribution in [3.05, 3.63) is 54.8 Å². The molecular formula is C13H12O. The van der Waals surface area contributed by atoms with Gasteiger partial charge in [-0.05, 0) is 29.8 Å². The monoisotopic (exact) mass is 184 g/mol. The molecule has 0 bridgehead atoms. The van der Waals surface area contributed by atoms with Crippen LogP contribution in [0.4, 0.5) is 0 Å². The highest BCUT2D eigenvalue weighted by atomic mass is 16.5. The number of hydrogen-bond acceptors (Lipinski definition) is 1.